The van der Waals surface area contributed by atoms with Crippen molar-refractivity contribution in [1.82, 2.24) is 4.90 Å². The number of ketones is 1. The molecule has 0 amide bonds. The minimum absolute atomic E-state index is 0.0600. The van der Waals surface area contributed by atoms with E-state index in [1.807, 2.05) is 0 Å². The molecule has 2 aromatic rings. The van der Waals surface area contributed by atoms with Gasteiger partial charge in [-0.25, -0.2) is 4.39 Å². The van der Waals surface area contributed by atoms with Crippen LogP contribution in [-0.2, 0) is 13.0 Å². The SMILES string of the molecule is COc1ccc(C(=O)CN2CCc3sccc3C2)cc1F. The lowest BCUT2D eigenvalue weighted by Gasteiger charge is -2.26. The van der Waals surface area contributed by atoms with E-state index in [2.05, 4.69) is 16.3 Å². The molecule has 2 heterocycles. The average molecular weight is 305 g/mol. The summed E-state index contributed by atoms with van der Waals surface area (Å²) in [7, 11) is 1.41. The van der Waals surface area contributed by atoms with Crippen molar-refractivity contribution < 1.29 is 13.9 Å². The van der Waals surface area contributed by atoms with Crippen molar-refractivity contribution >= 4 is 17.1 Å². The molecule has 1 aliphatic heterocycles. The summed E-state index contributed by atoms with van der Waals surface area (Å²) in [6.07, 6.45) is 0.983. The van der Waals surface area contributed by atoms with Crippen LogP contribution in [0.5, 0.6) is 5.75 Å². The first kappa shape index (κ1) is 14.2. The van der Waals surface area contributed by atoms with E-state index >= 15 is 0 Å². The smallest absolute Gasteiger partial charge is 0.176 e. The molecule has 5 heteroatoms. The van der Waals surface area contributed by atoms with Gasteiger partial charge in [0.05, 0.1) is 13.7 Å². The van der Waals surface area contributed by atoms with Crippen LogP contribution in [0.3, 0.4) is 0 Å². The van der Waals surface area contributed by atoms with Crippen LogP contribution in [0, 0.1) is 5.82 Å². The maximum atomic E-state index is 13.7. The highest BCUT2D eigenvalue weighted by Crippen LogP contribution is 2.24. The van der Waals surface area contributed by atoms with Gasteiger partial charge in [0.2, 0.25) is 0 Å². The number of carbonyl (C=O) groups is 1. The van der Waals surface area contributed by atoms with E-state index in [1.54, 1.807) is 17.4 Å². The van der Waals surface area contributed by atoms with E-state index in [0.29, 0.717) is 12.1 Å². The Labute approximate surface area is 127 Å². The van der Waals surface area contributed by atoms with Crippen LogP contribution in [-0.4, -0.2) is 30.9 Å². The largest absolute Gasteiger partial charge is 0.494 e. The third kappa shape index (κ3) is 2.99. The Morgan fingerprint density at radius 1 is 1.43 bits per heavy atom. The Kier molecular flexibility index (Phi) is 4.03. The zero-order valence-corrected chi connectivity index (χ0v) is 12.6. The maximum Gasteiger partial charge on any atom is 0.176 e. The fraction of sp³-hybridized carbons (Fsp3) is 0.312. The second-order valence-corrected chi connectivity index (χ2v) is 6.10. The minimum atomic E-state index is -0.498. The van der Waals surface area contributed by atoms with E-state index in [0.717, 1.165) is 19.5 Å². The molecule has 3 rings (SSSR count). The van der Waals surface area contributed by atoms with Crippen molar-refractivity contribution in [3.8, 4) is 5.75 Å². The number of ether oxygens (including phenoxy) is 1. The van der Waals surface area contributed by atoms with Crippen LogP contribution in [0.1, 0.15) is 20.8 Å². The highest BCUT2D eigenvalue weighted by molar-refractivity contribution is 7.10. The second kappa shape index (κ2) is 5.95. The van der Waals surface area contributed by atoms with E-state index in [1.165, 1.54) is 29.7 Å². The van der Waals surface area contributed by atoms with E-state index in [4.69, 9.17) is 4.74 Å². The fourth-order valence-electron chi connectivity index (χ4n) is 2.58. The number of hydrogen-bond acceptors (Lipinski definition) is 4. The van der Waals surface area contributed by atoms with Gasteiger partial charge in [0.15, 0.2) is 17.3 Å². The number of carbonyl (C=O) groups excluding carboxylic acids is 1. The number of fused-ring (bicyclic) bond motifs is 1. The molecule has 0 atom stereocenters. The fourth-order valence-corrected chi connectivity index (χ4v) is 3.47. The lowest BCUT2D eigenvalue weighted by atomic mass is 10.1. The molecule has 0 N–H and O–H groups in total. The van der Waals surface area contributed by atoms with Crippen molar-refractivity contribution in [2.75, 3.05) is 20.2 Å². The number of Topliss-reactive ketones (excluding diaryl/α,β-unsaturated/α-hetero) is 1. The summed E-state index contributed by atoms with van der Waals surface area (Å²) in [5.41, 5.74) is 1.70. The normalized spacial score (nSPS) is 14.8. The molecule has 0 saturated carbocycles. The third-order valence-electron chi connectivity index (χ3n) is 3.73. The number of rotatable bonds is 4. The van der Waals surface area contributed by atoms with Crippen molar-refractivity contribution in [2.24, 2.45) is 0 Å². The zero-order chi connectivity index (χ0) is 14.8. The van der Waals surface area contributed by atoms with Crippen LogP contribution in [0.15, 0.2) is 29.6 Å². The summed E-state index contributed by atoms with van der Waals surface area (Å²) in [5, 5.41) is 2.09. The van der Waals surface area contributed by atoms with Gasteiger partial charge in [-0.05, 0) is 41.6 Å². The van der Waals surface area contributed by atoms with Gasteiger partial charge in [-0.2, -0.15) is 0 Å². The number of nitrogens with zero attached hydrogens (tertiary/aromatic N) is 1. The summed E-state index contributed by atoms with van der Waals surface area (Å²) in [6.45, 7) is 1.99. The Hall–Kier alpha value is -1.72. The summed E-state index contributed by atoms with van der Waals surface area (Å²) in [4.78, 5) is 15.8. The van der Waals surface area contributed by atoms with Gasteiger partial charge in [-0.3, -0.25) is 9.69 Å². The third-order valence-corrected chi connectivity index (χ3v) is 4.75. The summed E-state index contributed by atoms with van der Waals surface area (Å²) in [6, 6.07) is 6.48. The quantitative estimate of drug-likeness (QED) is 0.813. The number of hydrogen-bond donors (Lipinski definition) is 0. The van der Waals surface area contributed by atoms with Gasteiger partial charge in [0.25, 0.3) is 0 Å². The molecule has 0 spiro atoms. The number of methoxy groups -OCH3 is 1. The van der Waals surface area contributed by atoms with E-state index < -0.39 is 5.82 Å². The number of benzene rings is 1. The van der Waals surface area contributed by atoms with E-state index in [-0.39, 0.29) is 11.5 Å². The number of halogens is 1. The first-order chi connectivity index (χ1) is 10.2. The van der Waals surface area contributed by atoms with Gasteiger partial charge in [0.1, 0.15) is 0 Å². The molecule has 0 aliphatic carbocycles. The lowest BCUT2D eigenvalue weighted by Crippen LogP contribution is -2.34. The van der Waals surface area contributed by atoms with Crippen molar-refractivity contribution in [2.45, 2.75) is 13.0 Å². The van der Waals surface area contributed by atoms with Gasteiger partial charge in [0, 0.05) is 23.5 Å². The highest BCUT2D eigenvalue weighted by atomic mass is 32.1. The standard InChI is InChI=1S/C16H16FNO2S/c1-20-15-3-2-11(8-13(15)17)14(19)10-18-6-4-16-12(9-18)5-7-21-16/h2-3,5,7-8H,4,6,9-10H2,1H3. The van der Waals surface area contributed by atoms with Gasteiger partial charge < -0.3 is 4.74 Å². The highest BCUT2D eigenvalue weighted by Gasteiger charge is 2.20. The molecule has 1 aromatic heterocycles. The second-order valence-electron chi connectivity index (χ2n) is 5.10. The Morgan fingerprint density at radius 3 is 3.05 bits per heavy atom. The molecule has 1 aromatic carbocycles. The van der Waals surface area contributed by atoms with Crippen LogP contribution < -0.4 is 4.74 Å². The van der Waals surface area contributed by atoms with Crippen molar-refractivity contribution in [3.05, 3.63) is 51.5 Å². The van der Waals surface area contributed by atoms with Gasteiger partial charge in [-0.1, -0.05) is 0 Å². The monoisotopic (exact) mass is 305 g/mol. The molecule has 3 nitrogen and oxygen atoms in total. The topological polar surface area (TPSA) is 29.5 Å². The van der Waals surface area contributed by atoms with Crippen LogP contribution >= 0.6 is 11.3 Å². The Balaban J connectivity index is 1.68. The molecule has 110 valence electrons. The molecule has 1 aliphatic rings. The van der Waals surface area contributed by atoms with E-state index in [9.17, 15) is 9.18 Å². The molecule has 0 fully saturated rings. The van der Waals surface area contributed by atoms with Crippen LogP contribution in [0.2, 0.25) is 0 Å². The molecule has 21 heavy (non-hydrogen) atoms. The predicted octanol–water partition coefficient (Wildman–Crippen LogP) is 3.14. The molecule has 0 unspecified atom stereocenters. The van der Waals surface area contributed by atoms with Crippen molar-refractivity contribution in [1.29, 1.82) is 0 Å². The van der Waals surface area contributed by atoms with Crippen LogP contribution in [0.4, 0.5) is 4.39 Å². The summed E-state index contributed by atoms with van der Waals surface area (Å²) < 4.78 is 18.5. The summed E-state index contributed by atoms with van der Waals surface area (Å²) >= 11 is 1.77. The molecular formula is C16H16FNO2S. The first-order valence-electron chi connectivity index (χ1n) is 6.81. The lowest BCUT2D eigenvalue weighted by molar-refractivity contribution is 0.0921. The van der Waals surface area contributed by atoms with Crippen molar-refractivity contribution in [3.63, 3.8) is 0 Å². The molecule has 0 bridgehead atoms. The Bertz CT molecular complexity index is 668. The molecule has 0 saturated heterocycles. The maximum absolute atomic E-state index is 13.7. The number of thiophene rings is 1. The molecule has 0 radical (unpaired) electrons. The average Bonchev–Trinajstić information content (AvgIpc) is 2.94. The predicted molar refractivity (Wildman–Crippen MR) is 80.6 cm³/mol. The van der Waals surface area contributed by atoms with Crippen LogP contribution in [0.25, 0.3) is 0 Å². The first-order valence-corrected chi connectivity index (χ1v) is 7.69. The molecular weight excluding hydrogens is 289 g/mol. The summed E-state index contributed by atoms with van der Waals surface area (Å²) in [5.74, 6) is -0.398. The zero-order valence-electron chi connectivity index (χ0n) is 11.8. The van der Waals surface area contributed by atoms with Gasteiger partial charge >= 0.3 is 0 Å². The van der Waals surface area contributed by atoms with Gasteiger partial charge in [-0.15, -0.1) is 11.3 Å². The minimum Gasteiger partial charge on any atom is -0.494 e. The Morgan fingerprint density at radius 2 is 2.29 bits per heavy atom.